The van der Waals surface area contributed by atoms with Crippen LogP contribution in [-0.2, 0) is 9.59 Å². The topological polar surface area (TPSA) is 49.4 Å². The van der Waals surface area contributed by atoms with Crippen LogP contribution in [0.5, 0.6) is 0 Å². The quantitative estimate of drug-likeness (QED) is 0.929. The highest BCUT2D eigenvalue weighted by molar-refractivity contribution is 5.95. The van der Waals surface area contributed by atoms with Gasteiger partial charge in [0.25, 0.3) is 0 Å². The number of aryl methyl sites for hydroxylation is 1. The summed E-state index contributed by atoms with van der Waals surface area (Å²) in [6.45, 7) is 8.93. The largest absolute Gasteiger partial charge is 0.355 e. The van der Waals surface area contributed by atoms with E-state index in [1.165, 1.54) is 5.56 Å². The average Bonchev–Trinajstić information content (AvgIpc) is 2.77. The van der Waals surface area contributed by atoms with Crippen molar-refractivity contribution in [3.63, 3.8) is 0 Å². The predicted molar refractivity (Wildman–Crippen MR) is 84.1 cm³/mol. The highest BCUT2D eigenvalue weighted by atomic mass is 16.2. The summed E-state index contributed by atoms with van der Waals surface area (Å²) in [7, 11) is 0. The molecule has 0 bridgehead atoms. The van der Waals surface area contributed by atoms with Crippen molar-refractivity contribution in [2.75, 3.05) is 18.0 Å². The van der Waals surface area contributed by atoms with Crippen LogP contribution in [0.1, 0.15) is 32.8 Å². The monoisotopic (exact) mass is 288 g/mol. The smallest absolute Gasteiger partial charge is 0.227 e. The van der Waals surface area contributed by atoms with Crippen LogP contribution in [0, 0.1) is 18.3 Å². The normalized spacial score (nSPS) is 19.0. The Hall–Kier alpha value is -1.84. The first-order valence-corrected chi connectivity index (χ1v) is 7.42. The lowest BCUT2D eigenvalue weighted by Gasteiger charge is -2.20. The molecule has 2 rings (SSSR count). The standard InChI is InChI=1S/C17H24N2O2/c1-12-5-7-14(8-6-12)19-11-13(9-15(19)20)10-18-16(21)17(2,3)4/h5-8,13H,9-11H2,1-4H3,(H,18,21). The summed E-state index contributed by atoms with van der Waals surface area (Å²) in [5.41, 5.74) is 1.73. The van der Waals surface area contributed by atoms with E-state index in [9.17, 15) is 9.59 Å². The number of rotatable bonds is 3. The molecular weight excluding hydrogens is 264 g/mol. The Labute approximate surface area is 126 Å². The molecule has 0 aromatic heterocycles. The maximum atomic E-state index is 12.1. The molecule has 1 unspecified atom stereocenters. The minimum Gasteiger partial charge on any atom is -0.355 e. The van der Waals surface area contributed by atoms with Crippen molar-refractivity contribution < 1.29 is 9.59 Å². The van der Waals surface area contributed by atoms with Crippen LogP contribution in [0.25, 0.3) is 0 Å². The van der Waals surface area contributed by atoms with E-state index in [0.717, 1.165) is 5.69 Å². The molecule has 0 aliphatic carbocycles. The molecule has 1 aliphatic heterocycles. The summed E-state index contributed by atoms with van der Waals surface area (Å²) >= 11 is 0. The number of carbonyl (C=O) groups excluding carboxylic acids is 2. The number of hydrogen-bond acceptors (Lipinski definition) is 2. The Morgan fingerprint density at radius 1 is 1.29 bits per heavy atom. The highest BCUT2D eigenvalue weighted by Crippen LogP contribution is 2.25. The zero-order valence-corrected chi connectivity index (χ0v) is 13.3. The lowest BCUT2D eigenvalue weighted by atomic mass is 9.95. The number of amides is 2. The molecule has 1 fully saturated rings. The molecule has 0 spiro atoms. The van der Waals surface area contributed by atoms with Crippen molar-refractivity contribution in [2.45, 2.75) is 34.1 Å². The molecule has 1 aliphatic rings. The van der Waals surface area contributed by atoms with Crippen LogP contribution in [0.2, 0.25) is 0 Å². The van der Waals surface area contributed by atoms with E-state index < -0.39 is 0 Å². The molecule has 0 radical (unpaired) electrons. The lowest BCUT2D eigenvalue weighted by Crippen LogP contribution is -2.38. The van der Waals surface area contributed by atoms with Crippen LogP contribution in [0.4, 0.5) is 5.69 Å². The molecule has 1 heterocycles. The van der Waals surface area contributed by atoms with Crippen LogP contribution in [0.15, 0.2) is 24.3 Å². The van der Waals surface area contributed by atoms with Gasteiger partial charge in [-0.15, -0.1) is 0 Å². The molecule has 1 saturated heterocycles. The van der Waals surface area contributed by atoms with Crippen molar-refractivity contribution in [1.29, 1.82) is 0 Å². The number of carbonyl (C=O) groups is 2. The third-order valence-electron chi connectivity index (χ3n) is 3.78. The minimum atomic E-state index is -0.390. The summed E-state index contributed by atoms with van der Waals surface area (Å²) < 4.78 is 0. The van der Waals surface area contributed by atoms with Gasteiger partial charge in [0, 0.05) is 36.5 Å². The van der Waals surface area contributed by atoms with E-state index >= 15 is 0 Å². The molecule has 0 saturated carbocycles. The predicted octanol–water partition coefficient (Wildman–Crippen LogP) is 2.51. The van der Waals surface area contributed by atoms with E-state index in [4.69, 9.17) is 0 Å². The number of nitrogens with zero attached hydrogens (tertiary/aromatic N) is 1. The molecule has 21 heavy (non-hydrogen) atoms. The zero-order chi connectivity index (χ0) is 15.6. The molecular formula is C17H24N2O2. The van der Waals surface area contributed by atoms with Crippen molar-refractivity contribution in [2.24, 2.45) is 11.3 Å². The third-order valence-corrected chi connectivity index (χ3v) is 3.78. The Bertz CT molecular complexity index is 529. The van der Waals surface area contributed by atoms with Gasteiger partial charge >= 0.3 is 0 Å². The lowest BCUT2D eigenvalue weighted by molar-refractivity contribution is -0.128. The van der Waals surface area contributed by atoms with Crippen LogP contribution < -0.4 is 10.2 Å². The highest BCUT2D eigenvalue weighted by Gasteiger charge is 2.31. The summed E-state index contributed by atoms with van der Waals surface area (Å²) in [4.78, 5) is 25.8. The van der Waals surface area contributed by atoms with E-state index in [1.54, 1.807) is 0 Å². The second kappa shape index (κ2) is 5.88. The number of anilines is 1. The molecule has 1 atom stereocenters. The first kappa shape index (κ1) is 15.5. The van der Waals surface area contributed by atoms with Crippen LogP contribution in [0.3, 0.4) is 0 Å². The SMILES string of the molecule is Cc1ccc(N2CC(CNC(=O)C(C)(C)C)CC2=O)cc1. The Morgan fingerprint density at radius 2 is 1.90 bits per heavy atom. The Balaban J connectivity index is 1.94. The van der Waals surface area contributed by atoms with Crippen molar-refractivity contribution >= 4 is 17.5 Å². The van der Waals surface area contributed by atoms with Gasteiger partial charge in [0.15, 0.2) is 0 Å². The van der Waals surface area contributed by atoms with Gasteiger partial charge in [-0.05, 0) is 19.1 Å². The van der Waals surface area contributed by atoms with Crippen molar-refractivity contribution in [1.82, 2.24) is 5.32 Å². The zero-order valence-electron chi connectivity index (χ0n) is 13.3. The molecule has 114 valence electrons. The van der Waals surface area contributed by atoms with Gasteiger partial charge in [-0.3, -0.25) is 9.59 Å². The van der Waals surface area contributed by atoms with Gasteiger partial charge in [-0.1, -0.05) is 38.5 Å². The van der Waals surface area contributed by atoms with E-state index in [0.29, 0.717) is 19.5 Å². The maximum absolute atomic E-state index is 12.1. The van der Waals surface area contributed by atoms with Gasteiger partial charge < -0.3 is 10.2 Å². The fraction of sp³-hybridized carbons (Fsp3) is 0.529. The van der Waals surface area contributed by atoms with Gasteiger partial charge in [0.05, 0.1) is 0 Å². The average molecular weight is 288 g/mol. The molecule has 1 aromatic carbocycles. The number of benzene rings is 1. The summed E-state index contributed by atoms with van der Waals surface area (Å²) in [5, 5.41) is 2.95. The van der Waals surface area contributed by atoms with E-state index in [1.807, 2.05) is 56.9 Å². The van der Waals surface area contributed by atoms with Crippen LogP contribution >= 0.6 is 0 Å². The first-order valence-electron chi connectivity index (χ1n) is 7.42. The summed E-state index contributed by atoms with van der Waals surface area (Å²) in [6, 6.07) is 7.97. The van der Waals surface area contributed by atoms with Gasteiger partial charge in [-0.2, -0.15) is 0 Å². The number of hydrogen-bond donors (Lipinski definition) is 1. The van der Waals surface area contributed by atoms with Crippen molar-refractivity contribution in [3.05, 3.63) is 29.8 Å². The van der Waals surface area contributed by atoms with Gasteiger partial charge in [0.1, 0.15) is 0 Å². The second-order valence-electron chi connectivity index (χ2n) is 6.87. The minimum absolute atomic E-state index is 0.0312. The Morgan fingerprint density at radius 3 is 2.48 bits per heavy atom. The first-order chi connectivity index (χ1) is 9.77. The van der Waals surface area contributed by atoms with Crippen molar-refractivity contribution in [3.8, 4) is 0 Å². The second-order valence-corrected chi connectivity index (χ2v) is 6.87. The van der Waals surface area contributed by atoms with E-state index in [-0.39, 0.29) is 23.1 Å². The molecule has 1 N–H and O–H groups in total. The molecule has 4 heteroatoms. The molecule has 1 aromatic rings. The van der Waals surface area contributed by atoms with Crippen LogP contribution in [-0.4, -0.2) is 24.9 Å². The maximum Gasteiger partial charge on any atom is 0.227 e. The summed E-state index contributed by atoms with van der Waals surface area (Å²) in [6.07, 6.45) is 0.498. The number of nitrogens with one attached hydrogen (secondary N) is 1. The fourth-order valence-electron chi connectivity index (χ4n) is 2.39. The fourth-order valence-corrected chi connectivity index (χ4v) is 2.39. The van der Waals surface area contributed by atoms with Gasteiger partial charge in [-0.25, -0.2) is 0 Å². The molecule has 2 amide bonds. The third kappa shape index (κ3) is 3.84. The summed E-state index contributed by atoms with van der Waals surface area (Å²) in [5.74, 6) is 0.350. The Kier molecular flexibility index (Phi) is 4.35. The van der Waals surface area contributed by atoms with E-state index in [2.05, 4.69) is 5.32 Å². The van der Waals surface area contributed by atoms with Gasteiger partial charge in [0.2, 0.25) is 11.8 Å². The molecule has 4 nitrogen and oxygen atoms in total.